The molecule has 0 aliphatic carbocycles. The lowest BCUT2D eigenvalue weighted by Gasteiger charge is -2.32. The summed E-state index contributed by atoms with van der Waals surface area (Å²) in [4.78, 5) is 16.9. The number of nitrogens with two attached hydrogens (primary N) is 1. The monoisotopic (exact) mass is 426 g/mol. The van der Waals surface area contributed by atoms with Gasteiger partial charge in [-0.3, -0.25) is 9.69 Å². The summed E-state index contributed by atoms with van der Waals surface area (Å²) in [6.07, 6.45) is 0.701. The first-order valence-electron chi connectivity index (χ1n) is 8.50. The van der Waals surface area contributed by atoms with Crippen LogP contribution in [0, 0.1) is 5.92 Å². The minimum atomic E-state index is -0.448. The van der Waals surface area contributed by atoms with Crippen LogP contribution >= 0.6 is 37.2 Å². The highest BCUT2D eigenvalue weighted by molar-refractivity contribution is 5.94. The van der Waals surface area contributed by atoms with Crippen LogP contribution in [-0.4, -0.2) is 55.0 Å². The number of nitrogens with zero attached hydrogens (tertiary/aromatic N) is 2. The number of anilines is 1. The fraction of sp³-hybridized carbons (Fsp3) is 0.611. The van der Waals surface area contributed by atoms with Crippen molar-refractivity contribution in [3.63, 3.8) is 0 Å². The van der Waals surface area contributed by atoms with Crippen LogP contribution in [0.4, 0.5) is 5.69 Å². The van der Waals surface area contributed by atoms with Crippen molar-refractivity contribution in [2.45, 2.75) is 32.9 Å². The van der Waals surface area contributed by atoms with E-state index in [4.69, 9.17) is 5.73 Å². The summed E-state index contributed by atoms with van der Waals surface area (Å²) in [5, 5.41) is 2.94. The molecule has 8 heteroatoms. The van der Waals surface area contributed by atoms with Crippen LogP contribution in [-0.2, 0) is 11.3 Å². The van der Waals surface area contributed by atoms with E-state index >= 15 is 0 Å². The van der Waals surface area contributed by atoms with Crippen LogP contribution in [0.1, 0.15) is 25.8 Å². The highest BCUT2D eigenvalue weighted by atomic mass is 35.5. The highest BCUT2D eigenvalue weighted by Crippen LogP contribution is 2.15. The number of carbonyl (C=O) groups excluding carboxylic acids is 1. The smallest absolute Gasteiger partial charge is 0.241 e. The second kappa shape index (κ2) is 13.6. The van der Waals surface area contributed by atoms with Crippen LogP contribution in [0.3, 0.4) is 0 Å². The quantitative estimate of drug-likeness (QED) is 0.732. The Bertz CT molecular complexity index is 523. The molecule has 1 aliphatic rings. The largest absolute Gasteiger partial charge is 0.325 e. The van der Waals surface area contributed by atoms with Gasteiger partial charge in [-0.2, -0.15) is 0 Å². The van der Waals surface area contributed by atoms with E-state index < -0.39 is 6.04 Å². The molecule has 0 spiro atoms. The van der Waals surface area contributed by atoms with Gasteiger partial charge in [0.25, 0.3) is 0 Å². The predicted octanol–water partition coefficient (Wildman–Crippen LogP) is 3.01. The Labute approximate surface area is 176 Å². The van der Waals surface area contributed by atoms with E-state index in [1.165, 1.54) is 5.56 Å². The summed E-state index contributed by atoms with van der Waals surface area (Å²) >= 11 is 0. The van der Waals surface area contributed by atoms with Crippen molar-refractivity contribution in [2.75, 3.05) is 38.5 Å². The van der Waals surface area contributed by atoms with Crippen LogP contribution in [0.2, 0.25) is 0 Å². The van der Waals surface area contributed by atoms with Gasteiger partial charge < -0.3 is 16.0 Å². The van der Waals surface area contributed by atoms with Crippen LogP contribution in [0.25, 0.3) is 0 Å². The third-order valence-corrected chi connectivity index (χ3v) is 4.26. The van der Waals surface area contributed by atoms with E-state index in [1.54, 1.807) is 0 Å². The molecule has 2 rings (SSSR count). The summed E-state index contributed by atoms with van der Waals surface area (Å²) in [6.45, 7) is 9.48. The van der Waals surface area contributed by atoms with Gasteiger partial charge in [-0.1, -0.05) is 26.0 Å². The SMILES string of the molecule is CC(C)C[C@H](N)C(=O)Nc1cccc(CN2CCN(C)CC2)c1.Cl.Cl.Cl. The predicted molar refractivity (Wildman–Crippen MR) is 117 cm³/mol. The molecule has 26 heavy (non-hydrogen) atoms. The summed E-state index contributed by atoms with van der Waals surface area (Å²) < 4.78 is 0. The van der Waals surface area contributed by atoms with E-state index in [0.717, 1.165) is 38.4 Å². The lowest BCUT2D eigenvalue weighted by molar-refractivity contribution is -0.117. The lowest BCUT2D eigenvalue weighted by Crippen LogP contribution is -2.43. The van der Waals surface area contributed by atoms with Gasteiger partial charge in [0.1, 0.15) is 0 Å². The first-order valence-corrected chi connectivity index (χ1v) is 8.50. The van der Waals surface area contributed by atoms with Crippen LogP contribution in [0.15, 0.2) is 24.3 Å². The molecular weight excluding hydrogens is 395 g/mol. The zero-order chi connectivity index (χ0) is 16.8. The third-order valence-electron chi connectivity index (χ3n) is 4.26. The van der Waals surface area contributed by atoms with Crippen molar-refractivity contribution in [3.05, 3.63) is 29.8 Å². The van der Waals surface area contributed by atoms with Crippen LogP contribution < -0.4 is 11.1 Å². The molecule has 1 amide bonds. The molecule has 1 saturated heterocycles. The average molecular weight is 428 g/mol. The molecule has 1 atom stereocenters. The van der Waals surface area contributed by atoms with Crippen molar-refractivity contribution in [2.24, 2.45) is 11.7 Å². The molecule has 1 fully saturated rings. The molecule has 0 aromatic heterocycles. The molecule has 0 saturated carbocycles. The second-order valence-electron chi connectivity index (χ2n) is 7.01. The van der Waals surface area contributed by atoms with Gasteiger partial charge in [0, 0.05) is 38.4 Å². The molecule has 1 aliphatic heterocycles. The number of halogens is 3. The Balaban J connectivity index is 0. The maximum absolute atomic E-state index is 12.1. The number of piperazine rings is 1. The zero-order valence-electron chi connectivity index (χ0n) is 15.8. The number of benzene rings is 1. The number of hydrogen-bond acceptors (Lipinski definition) is 4. The van der Waals surface area contributed by atoms with Crippen molar-refractivity contribution in [1.29, 1.82) is 0 Å². The molecular formula is C18H33Cl3N4O. The Morgan fingerprint density at radius 1 is 1.15 bits per heavy atom. The van der Waals surface area contributed by atoms with Crippen molar-refractivity contribution < 1.29 is 4.79 Å². The van der Waals surface area contributed by atoms with E-state index in [1.807, 2.05) is 12.1 Å². The normalized spacial score (nSPS) is 16.0. The Morgan fingerprint density at radius 2 is 1.77 bits per heavy atom. The third kappa shape index (κ3) is 9.40. The second-order valence-corrected chi connectivity index (χ2v) is 7.01. The summed E-state index contributed by atoms with van der Waals surface area (Å²) in [6, 6.07) is 7.64. The van der Waals surface area contributed by atoms with E-state index in [0.29, 0.717) is 12.3 Å². The fourth-order valence-electron chi connectivity index (χ4n) is 2.86. The number of nitrogens with one attached hydrogen (secondary N) is 1. The molecule has 0 unspecified atom stereocenters. The van der Waals surface area contributed by atoms with Gasteiger partial charge >= 0.3 is 0 Å². The first kappa shape index (κ1) is 27.7. The highest BCUT2D eigenvalue weighted by Gasteiger charge is 2.16. The maximum Gasteiger partial charge on any atom is 0.241 e. The Morgan fingerprint density at radius 3 is 2.35 bits per heavy atom. The summed E-state index contributed by atoms with van der Waals surface area (Å²) in [5.74, 6) is 0.315. The van der Waals surface area contributed by atoms with Gasteiger partial charge in [-0.05, 0) is 37.1 Å². The molecule has 5 nitrogen and oxygen atoms in total. The van der Waals surface area contributed by atoms with Crippen molar-refractivity contribution in [3.8, 4) is 0 Å². The van der Waals surface area contributed by atoms with Crippen LogP contribution in [0.5, 0.6) is 0 Å². The molecule has 1 aromatic carbocycles. The van der Waals surface area contributed by atoms with Gasteiger partial charge in [0.15, 0.2) is 0 Å². The van der Waals surface area contributed by atoms with Gasteiger partial charge in [-0.15, -0.1) is 37.2 Å². The summed E-state index contributed by atoms with van der Waals surface area (Å²) in [7, 11) is 2.16. The maximum atomic E-state index is 12.1. The van der Waals surface area contributed by atoms with Crippen molar-refractivity contribution in [1.82, 2.24) is 9.80 Å². The Kier molecular flexibility index (Phi) is 14.5. The minimum Gasteiger partial charge on any atom is -0.325 e. The topological polar surface area (TPSA) is 61.6 Å². The molecule has 0 bridgehead atoms. The van der Waals surface area contributed by atoms with E-state index in [-0.39, 0.29) is 43.1 Å². The Hall–Kier alpha value is -0.560. The molecule has 3 N–H and O–H groups in total. The molecule has 0 radical (unpaired) electrons. The standard InChI is InChI=1S/C18H30N4O.3ClH/c1-14(2)11-17(19)18(23)20-16-6-4-5-15(12-16)13-22-9-7-21(3)8-10-22;;;/h4-6,12,14,17H,7-11,13,19H2,1-3H3,(H,20,23);3*1H/t17-;;;/m0.../s1. The number of hydrogen-bond donors (Lipinski definition) is 2. The van der Waals surface area contributed by atoms with Gasteiger partial charge in [-0.25, -0.2) is 0 Å². The number of rotatable bonds is 6. The molecule has 1 aromatic rings. The van der Waals surface area contributed by atoms with E-state index in [9.17, 15) is 4.79 Å². The zero-order valence-corrected chi connectivity index (χ0v) is 18.3. The van der Waals surface area contributed by atoms with Gasteiger partial charge in [0.2, 0.25) is 5.91 Å². The van der Waals surface area contributed by atoms with Gasteiger partial charge in [0.05, 0.1) is 6.04 Å². The first-order chi connectivity index (χ1) is 10.9. The fourth-order valence-corrected chi connectivity index (χ4v) is 2.86. The van der Waals surface area contributed by atoms with E-state index in [2.05, 4.69) is 48.1 Å². The minimum absolute atomic E-state index is 0. The van der Waals surface area contributed by atoms with Crippen molar-refractivity contribution >= 4 is 48.8 Å². The lowest BCUT2D eigenvalue weighted by atomic mass is 10.0. The number of amides is 1. The average Bonchev–Trinajstić information content (AvgIpc) is 2.49. The number of carbonyl (C=O) groups is 1. The number of likely N-dealkylation sites (N-methyl/N-ethyl adjacent to an activating group) is 1. The summed E-state index contributed by atoms with van der Waals surface area (Å²) in [5.41, 5.74) is 8.00. The molecule has 152 valence electrons. The molecule has 1 heterocycles.